The molecule has 1 aromatic heterocycles. The molecule has 2 aromatic rings. The number of benzene rings is 1. The van der Waals surface area contributed by atoms with Crippen molar-refractivity contribution < 1.29 is 4.79 Å². The SMILES string of the molecule is NCC(c1ccc(Cl)cc1)n1cc(C(N)=O)cn1. The Morgan fingerprint density at radius 1 is 1.39 bits per heavy atom. The summed E-state index contributed by atoms with van der Waals surface area (Å²) in [5, 5.41) is 4.77. The lowest BCUT2D eigenvalue weighted by molar-refractivity contribution is 0.1000. The Labute approximate surface area is 109 Å². The van der Waals surface area contributed by atoms with Crippen molar-refractivity contribution in [2.75, 3.05) is 6.54 Å². The Morgan fingerprint density at radius 3 is 2.56 bits per heavy atom. The molecule has 5 nitrogen and oxygen atoms in total. The summed E-state index contributed by atoms with van der Waals surface area (Å²) in [6.45, 7) is 0.363. The van der Waals surface area contributed by atoms with Gasteiger partial charge in [0.2, 0.25) is 0 Å². The van der Waals surface area contributed by atoms with E-state index in [4.69, 9.17) is 23.1 Å². The minimum atomic E-state index is -0.506. The van der Waals surface area contributed by atoms with E-state index >= 15 is 0 Å². The van der Waals surface area contributed by atoms with E-state index in [0.717, 1.165) is 5.56 Å². The number of aromatic nitrogens is 2. The van der Waals surface area contributed by atoms with Gasteiger partial charge in [0, 0.05) is 17.8 Å². The van der Waals surface area contributed by atoms with Gasteiger partial charge in [0.15, 0.2) is 0 Å². The van der Waals surface area contributed by atoms with E-state index in [9.17, 15) is 4.79 Å². The molecule has 0 aliphatic rings. The van der Waals surface area contributed by atoms with Crippen molar-refractivity contribution in [3.05, 3.63) is 52.8 Å². The molecule has 1 unspecified atom stereocenters. The van der Waals surface area contributed by atoms with Crippen LogP contribution in [0, 0.1) is 0 Å². The summed E-state index contributed by atoms with van der Waals surface area (Å²) in [5.41, 5.74) is 12.3. The Kier molecular flexibility index (Phi) is 3.64. The number of nitrogens with two attached hydrogens (primary N) is 2. The highest BCUT2D eigenvalue weighted by Crippen LogP contribution is 2.19. The lowest BCUT2D eigenvalue weighted by Gasteiger charge is -2.15. The number of carbonyl (C=O) groups excluding carboxylic acids is 1. The Morgan fingerprint density at radius 2 is 2.06 bits per heavy atom. The predicted octanol–water partition coefficient (Wildman–Crippen LogP) is 1.18. The molecule has 94 valence electrons. The molecule has 6 heteroatoms. The Bertz CT molecular complexity index is 549. The van der Waals surface area contributed by atoms with Gasteiger partial charge < -0.3 is 11.5 Å². The summed E-state index contributed by atoms with van der Waals surface area (Å²) >= 11 is 5.84. The van der Waals surface area contributed by atoms with Gasteiger partial charge in [0.05, 0.1) is 17.8 Å². The maximum absolute atomic E-state index is 11.0. The highest BCUT2D eigenvalue weighted by atomic mass is 35.5. The van der Waals surface area contributed by atoms with Crippen molar-refractivity contribution in [3.63, 3.8) is 0 Å². The highest BCUT2D eigenvalue weighted by molar-refractivity contribution is 6.30. The molecular formula is C12H13ClN4O. The lowest BCUT2D eigenvalue weighted by Crippen LogP contribution is -2.21. The van der Waals surface area contributed by atoms with Crippen LogP contribution in [0.3, 0.4) is 0 Å². The zero-order valence-corrected chi connectivity index (χ0v) is 10.3. The van der Waals surface area contributed by atoms with Crippen molar-refractivity contribution in [3.8, 4) is 0 Å². The van der Waals surface area contributed by atoms with Crippen molar-refractivity contribution in [2.24, 2.45) is 11.5 Å². The fourth-order valence-corrected chi connectivity index (χ4v) is 1.84. The number of amides is 1. The normalized spacial score (nSPS) is 12.3. The summed E-state index contributed by atoms with van der Waals surface area (Å²) in [7, 11) is 0. The summed E-state index contributed by atoms with van der Waals surface area (Å²) in [4.78, 5) is 11.0. The van der Waals surface area contributed by atoms with E-state index in [1.54, 1.807) is 23.0 Å². The molecule has 0 spiro atoms. The first-order valence-corrected chi connectivity index (χ1v) is 5.79. The van der Waals surface area contributed by atoms with E-state index in [0.29, 0.717) is 17.1 Å². The second kappa shape index (κ2) is 5.20. The number of nitrogens with zero attached hydrogens (tertiary/aromatic N) is 2. The molecule has 0 saturated carbocycles. The zero-order chi connectivity index (χ0) is 13.1. The van der Waals surface area contributed by atoms with Crippen molar-refractivity contribution in [2.45, 2.75) is 6.04 Å². The van der Waals surface area contributed by atoms with Crippen molar-refractivity contribution >= 4 is 17.5 Å². The Balaban J connectivity index is 2.32. The van der Waals surface area contributed by atoms with Crippen LogP contribution in [-0.4, -0.2) is 22.2 Å². The molecule has 4 N–H and O–H groups in total. The molecule has 0 radical (unpaired) electrons. The molecular weight excluding hydrogens is 252 g/mol. The van der Waals surface area contributed by atoms with Crippen LogP contribution < -0.4 is 11.5 Å². The lowest BCUT2D eigenvalue weighted by atomic mass is 10.1. The van der Waals surface area contributed by atoms with Crippen LogP contribution in [0.1, 0.15) is 22.0 Å². The maximum Gasteiger partial charge on any atom is 0.251 e. The van der Waals surface area contributed by atoms with Crippen LogP contribution >= 0.6 is 11.6 Å². The van der Waals surface area contributed by atoms with E-state index in [2.05, 4.69) is 5.10 Å². The highest BCUT2D eigenvalue weighted by Gasteiger charge is 2.14. The monoisotopic (exact) mass is 264 g/mol. The molecule has 0 bridgehead atoms. The number of halogens is 1. The topological polar surface area (TPSA) is 86.9 Å². The molecule has 18 heavy (non-hydrogen) atoms. The average Bonchev–Trinajstić information content (AvgIpc) is 2.82. The smallest absolute Gasteiger partial charge is 0.251 e. The van der Waals surface area contributed by atoms with Gasteiger partial charge in [-0.15, -0.1) is 0 Å². The van der Waals surface area contributed by atoms with E-state index in [-0.39, 0.29) is 6.04 Å². The quantitative estimate of drug-likeness (QED) is 0.869. The van der Waals surface area contributed by atoms with E-state index < -0.39 is 5.91 Å². The second-order valence-electron chi connectivity index (χ2n) is 3.88. The number of carbonyl (C=O) groups is 1. The second-order valence-corrected chi connectivity index (χ2v) is 4.31. The molecule has 1 amide bonds. The summed E-state index contributed by atoms with van der Waals surface area (Å²) in [6, 6.07) is 7.20. The largest absolute Gasteiger partial charge is 0.366 e. The molecule has 1 atom stereocenters. The summed E-state index contributed by atoms with van der Waals surface area (Å²) in [6.07, 6.45) is 3.02. The van der Waals surface area contributed by atoms with Gasteiger partial charge in [-0.25, -0.2) is 0 Å². The third-order valence-corrected chi connectivity index (χ3v) is 2.94. The molecule has 0 saturated heterocycles. The van der Waals surface area contributed by atoms with E-state index in [1.807, 2.05) is 12.1 Å². The number of hydrogen-bond donors (Lipinski definition) is 2. The molecule has 1 aromatic carbocycles. The van der Waals surface area contributed by atoms with Gasteiger partial charge in [-0.05, 0) is 17.7 Å². The van der Waals surface area contributed by atoms with Crippen molar-refractivity contribution in [1.29, 1.82) is 0 Å². The fraction of sp³-hybridized carbons (Fsp3) is 0.167. The van der Waals surface area contributed by atoms with Gasteiger partial charge in [0.1, 0.15) is 0 Å². The van der Waals surface area contributed by atoms with Crippen LogP contribution in [0.15, 0.2) is 36.7 Å². The molecule has 2 rings (SSSR count). The van der Waals surface area contributed by atoms with Crippen LogP contribution in [0.25, 0.3) is 0 Å². The number of primary amides is 1. The zero-order valence-electron chi connectivity index (χ0n) is 9.58. The predicted molar refractivity (Wildman–Crippen MR) is 69.4 cm³/mol. The van der Waals surface area contributed by atoms with Crippen LogP contribution in [0.4, 0.5) is 0 Å². The number of hydrogen-bond acceptors (Lipinski definition) is 3. The van der Waals surface area contributed by atoms with Crippen LogP contribution in [0.2, 0.25) is 5.02 Å². The average molecular weight is 265 g/mol. The first-order chi connectivity index (χ1) is 8.61. The Hall–Kier alpha value is -1.85. The summed E-state index contributed by atoms with van der Waals surface area (Å²) < 4.78 is 1.63. The van der Waals surface area contributed by atoms with Gasteiger partial charge in [0.25, 0.3) is 5.91 Å². The van der Waals surface area contributed by atoms with Crippen LogP contribution in [-0.2, 0) is 0 Å². The standard InChI is InChI=1S/C12H13ClN4O/c13-10-3-1-8(2-4-10)11(5-14)17-7-9(6-16-17)12(15)18/h1-4,6-7,11H,5,14H2,(H2,15,18). The molecule has 1 heterocycles. The van der Waals surface area contributed by atoms with E-state index in [1.165, 1.54) is 6.20 Å². The maximum atomic E-state index is 11.0. The fourth-order valence-electron chi connectivity index (χ4n) is 1.72. The third kappa shape index (κ3) is 2.52. The molecule has 0 aliphatic heterocycles. The van der Waals surface area contributed by atoms with Crippen LogP contribution in [0.5, 0.6) is 0 Å². The number of rotatable bonds is 4. The first-order valence-electron chi connectivity index (χ1n) is 5.41. The van der Waals surface area contributed by atoms with Gasteiger partial charge in [-0.2, -0.15) is 5.10 Å². The molecule has 0 fully saturated rings. The third-order valence-electron chi connectivity index (χ3n) is 2.68. The van der Waals surface area contributed by atoms with Gasteiger partial charge in [-0.3, -0.25) is 9.48 Å². The van der Waals surface area contributed by atoms with Gasteiger partial charge in [-0.1, -0.05) is 23.7 Å². The first kappa shape index (κ1) is 12.6. The summed E-state index contributed by atoms with van der Waals surface area (Å²) in [5.74, 6) is -0.506. The van der Waals surface area contributed by atoms with Crippen molar-refractivity contribution in [1.82, 2.24) is 9.78 Å². The molecule has 0 aliphatic carbocycles. The van der Waals surface area contributed by atoms with Gasteiger partial charge >= 0.3 is 0 Å². The minimum Gasteiger partial charge on any atom is -0.366 e. The minimum absolute atomic E-state index is 0.143.